The van der Waals surface area contributed by atoms with Gasteiger partial charge in [0.1, 0.15) is 6.29 Å². The van der Waals surface area contributed by atoms with Crippen LogP contribution in [0.3, 0.4) is 0 Å². The van der Waals surface area contributed by atoms with Gasteiger partial charge in [-0.1, -0.05) is 0 Å². The zero-order chi connectivity index (χ0) is 13.0. The largest absolute Gasteiger partial charge is 0.493 e. The van der Waals surface area contributed by atoms with E-state index < -0.39 is 0 Å². The van der Waals surface area contributed by atoms with Gasteiger partial charge in [-0.05, 0) is 12.1 Å². The van der Waals surface area contributed by atoms with E-state index in [0.29, 0.717) is 30.2 Å². The monoisotopic (exact) mass is 251 g/mol. The highest BCUT2D eigenvalue weighted by molar-refractivity contribution is 5.77. The number of rotatable bonds is 4. The normalized spacial score (nSPS) is 19.3. The number of ether oxygens (including phenoxy) is 3. The van der Waals surface area contributed by atoms with Crippen LogP contribution in [0.1, 0.15) is 22.0 Å². The molecule has 0 aromatic heterocycles. The van der Waals surface area contributed by atoms with Gasteiger partial charge >= 0.3 is 0 Å². The number of hydrogen-bond donors (Lipinski definition) is 1. The summed E-state index contributed by atoms with van der Waals surface area (Å²) in [4.78, 5) is 11.0. The number of carbonyl (C=O) groups is 1. The van der Waals surface area contributed by atoms with E-state index in [2.05, 4.69) is 5.32 Å². The molecule has 5 heteroatoms. The Morgan fingerprint density at radius 3 is 2.78 bits per heavy atom. The molecular formula is C13H17NO4. The standard InChI is InChI=1S/C13H17NO4/c1-16-11-6-9(8-15)5-10(13(11)17-2)12-7-14-3-4-18-12/h5-6,8,12,14H,3-4,7H2,1-2H3. The van der Waals surface area contributed by atoms with Crippen LogP contribution in [0.2, 0.25) is 0 Å². The third-order valence-corrected chi connectivity index (χ3v) is 2.94. The second-order valence-electron chi connectivity index (χ2n) is 4.03. The van der Waals surface area contributed by atoms with Crippen molar-refractivity contribution in [1.82, 2.24) is 5.32 Å². The second kappa shape index (κ2) is 5.84. The number of hydrogen-bond acceptors (Lipinski definition) is 5. The molecule has 1 aromatic carbocycles. The second-order valence-corrected chi connectivity index (χ2v) is 4.03. The highest BCUT2D eigenvalue weighted by atomic mass is 16.5. The van der Waals surface area contributed by atoms with Crippen LogP contribution >= 0.6 is 0 Å². The van der Waals surface area contributed by atoms with Crippen molar-refractivity contribution in [3.63, 3.8) is 0 Å². The first-order chi connectivity index (χ1) is 8.80. The summed E-state index contributed by atoms with van der Waals surface area (Å²) in [6, 6.07) is 3.44. The number of methoxy groups -OCH3 is 2. The van der Waals surface area contributed by atoms with Gasteiger partial charge in [-0.25, -0.2) is 0 Å². The third kappa shape index (κ3) is 2.47. The molecule has 1 fully saturated rings. The number of aldehydes is 1. The van der Waals surface area contributed by atoms with Crippen molar-refractivity contribution in [1.29, 1.82) is 0 Å². The van der Waals surface area contributed by atoms with Gasteiger partial charge in [0.2, 0.25) is 0 Å². The predicted molar refractivity (Wildman–Crippen MR) is 66.5 cm³/mol. The van der Waals surface area contributed by atoms with Gasteiger partial charge in [0.15, 0.2) is 11.5 Å². The van der Waals surface area contributed by atoms with Crippen molar-refractivity contribution in [2.45, 2.75) is 6.10 Å². The molecule has 1 aromatic rings. The molecule has 98 valence electrons. The molecule has 0 saturated carbocycles. The quantitative estimate of drug-likeness (QED) is 0.814. The van der Waals surface area contributed by atoms with Gasteiger partial charge in [0, 0.05) is 24.2 Å². The number of nitrogens with one attached hydrogen (secondary N) is 1. The molecule has 1 N–H and O–H groups in total. The van der Waals surface area contributed by atoms with Crippen LogP contribution < -0.4 is 14.8 Å². The third-order valence-electron chi connectivity index (χ3n) is 2.94. The van der Waals surface area contributed by atoms with Crippen LogP contribution in [0.4, 0.5) is 0 Å². The lowest BCUT2D eigenvalue weighted by Crippen LogP contribution is -2.33. The SMILES string of the molecule is COc1cc(C=O)cc(C2CNCCO2)c1OC. The van der Waals surface area contributed by atoms with Crippen LogP contribution in [0.15, 0.2) is 12.1 Å². The summed E-state index contributed by atoms with van der Waals surface area (Å²) in [5.41, 5.74) is 1.39. The van der Waals surface area contributed by atoms with Gasteiger partial charge in [0.25, 0.3) is 0 Å². The Morgan fingerprint density at radius 1 is 1.39 bits per heavy atom. The topological polar surface area (TPSA) is 56.8 Å². The summed E-state index contributed by atoms with van der Waals surface area (Å²) in [5.74, 6) is 1.17. The minimum atomic E-state index is -0.123. The van der Waals surface area contributed by atoms with Crippen molar-refractivity contribution in [3.05, 3.63) is 23.3 Å². The minimum Gasteiger partial charge on any atom is -0.493 e. The van der Waals surface area contributed by atoms with E-state index in [1.54, 1.807) is 26.4 Å². The smallest absolute Gasteiger partial charge is 0.166 e. The molecule has 1 aliphatic rings. The van der Waals surface area contributed by atoms with Gasteiger partial charge in [-0.3, -0.25) is 4.79 Å². The molecule has 5 nitrogen and oxygen atoms in total. The van der Waals surface area contributed by atoms with Crippen molar-refractivity contribution < 1.29 is 19.0 Å². The highest BCUT2D eigenvalue weighted by Crippen LogP contribution is 2.37. The van der Waals surface area contributed by atoms with E-state index in [1.165, 1.54) is 0 Å². The molecule has 0 spiro atoms. The lowest BCUT2D eigenvalue weighted by atomic mass is 10.0. The fourth-order valence-corrected chi connectivity index (χ4v) is 2.09. The first-order valence-electron chi connectivity index (χ1n) is 5.83. The van der Waals surface area contributed by atoms with Crippen LogP contribution in [-0.4, -0.2) is 40.2 Å². The van der Waals surface area contributed by atoms with E-state index in [-0.39, 0.29) is 6.10 Å². The first kappa shape index (κ1) is 12.9. The maximum absolute atomic E-state index is 11.0. The van der Waals surface area contributed by atoms with E-state index in [1.807, 2.05) is 0 Å². The summed E-state index contributed by atoms with van der Waals surface area (Å²) >= 11 is 0. The van der Waals surface area contributed by atoms with Crippen molar-refractivity contribution in [2.75, 3.05) is 33.9 Å². The fourth-order valence-electron chi connectivity index (χ4n) is 2.09. The summed E-state index contributed by atoms with van der Waals surface area (Å²) < 4.78 is 16.3. The Labute approximate surface area is 106 Å². The number of benzene rings is 1. The summed E-state index contributed by atoms with van der Waals surface area (Å²) in [6.07, 6.45) is 0.671. The maximum Gasteiger partial charge on any atom is 0.166 e. The highest BCUT2D eigenvalue weighted by Gasteiger charge is 2.23. The molecule has 1 aliphatic heterocycles. The molecule has 1 unspecified atom stereocenters. The number of carbonyl (C=O) groups excluding carboxylic acids is 1. The number of morpholine rings is 1. The van der Waals surface area contributed by atoms with Crippen molar-refractivity contribution in [3.8, 4) is 11.5 Å². The van der Waals surface area contributed by atoms with E-state index in [9.17, 15) is 4.79 Å². The average molecular weight is 251 g/mol. The van der Waals surface area contributed by atoms with E-state index in [4.69, 9.17) is 14.2 Å². The van der Waals surface area contributed by atoms with Gasteiger partial charge in [0.05, 0.1) is 26.9 Å². The predicted octanol–water partition coefficient (Wildman–Crippen LogP) is 1.18. The molecule has 1 saturated heterocycles. The lowest BCUT2D eigenvalue weighted by molar-refractivity contribution is 0.0260. The van der Waals surface area contributed by atoms with E-state index in [0.717, 1.165) is 18.4 Å². The maximum atomic E-state index is 11.0. The first-order valence-corrected chi connectivity index (χ1v) is 5.83. The molecule has 1 heterocycles. The van der Waals surface area contributed by atoms with Crippen LogP contribution in [0, 0.1) is 0 Å². The molecule has 18 heavy (non-hydrogen) atoms. The Kier molecular flexibility index (Phi) is 4.17. The van der Waals surface area contributed by atoms with Crippen molar-refractivity contribution >= 4 is 6.29 Å². The Morgan fingerprint density at radius 2 is 2.22 bits per heavy atom. The average Bonchev–Trinajstić information content (AvgIpc) is 2.46. The van der Waals surface area contributed by atoms with Crippen LogP contribution in [-0.2, 0) is 4.74 Å². The Hall–Kier alpha value is -1.59. The van der Waals surface area contributed by atoms with Gasteiger partial charge in [-0.2, -0.15) is 0 Å². The summed E-state index contributed by atoms with van der Waals surface area (Å²) in [7, 11) is 3.13. The van der Waals surface area contributed by atoms with Crippen LogP contribution in [0.5, 0.6) is 11.5 Å². The van der Waals surface area contributed by atoms with Gasteiger partial charge in [-0.15, -0.1) is 0 Å². The summed E-state index contributed by atoms with van der Waals surface area (Å²) in [6.45, 7) is 2.17. The zero-order valence-corrected chi connectivity index (χ0v) is 10.6. The molecule has 1 atom stereocenters. The molecule has 2 rings (SSSR count). The van der Waals surface area contributed by atoms with Crippen molar-refractivity contribution in [2.24, 2.45) is 0 Å². The molecule has 0 aliphatic carbocycles. The molecule has 0 bridgehead atoms. The minimum absolute atomic E-state index is 0.123. The van der Waals surface area contributed by atoms with Crippen LogP contribution in [0.25, 0.3) is 0 Å². The Bertz CT molecular complexity index is 427. The molecule has 0 radical (unpaired) electrons. The van der Waals surface area contributed by atoms with E-state index >= 15 is 0 Å². The molecule has 0 amide bonds. The lowest BCUT2D eigenvalue weighted by Gasteiger charge is -2.26. The molecular weight excluding hydrogens is 234 g/mol. The summed E-state index contributed by atoms with van der Waals surface area (Å²) in [5, 5.41) is 3.25. The zero-order valence-electron chi connectivity index (χ0n) is 10.6. The fraction of sp³-hybridized carbons (Fsp3) is 0.462. The Balaban J connectivity index is 2.44. The van der Waals surface area contributed by atoms with Gasteiger partial charge < -0.3 is 19.5 Å².